The van der Waals surface area contributed by atoms with Gasteiger partial charge in [-0.2, -0.15) is 0 Å². The lowest BCUT2D eigenvalue weighted by atomic mass is 9.95. The van der Waals surface area contributed by atoms with Gasteiger partial charge in [0.2, 0.25) is 0 Å². The second-order valence-electron chi connectivity index (χ2n) is 9.10. The summed E-state index contributed by atoms with van der Waals surface area (Å²) in [6.45, 7) is 7.80. The number of halogens is 1. The molecule has 8 nitrogen and oxygen atoms in total. The molecule has 0 radical (unpaired) electrons. The number of aryl methyl sites for hydroxylation is 1. The number of thiazole rings is 1. The predicted octanol–water partition coefficient (Wildman–Crippen LogP) is 6.64. The average Bonchev–Trinajstić information content (AvgIpc) is 3.46. The van der Waals surface area contributed by atoms with Crippen LogP contribution in [0.1, 0.15) is 58.7 Å². The minimum absolute atomic E-state index is 0.0160. The Balaban J connectivity index is 1.83. The van der Waals surface area contributed by atoms with Crippen LogP contribution < -0.4 is 9.64 Å². The lowest BCUT2D eigenvalue weighted by Crippen LogP contribution is -2.29. The molecule has 4 rings (SSSR count). The van der Waals surface area contributed by atoms with Crippen molar-refractivity contribution in [3.63, 3.8) is 0 Å². The molecule has 1 aromatic heterocycles. The van der Waals surface area contributed by atoms with Gasteiger partial charge < -0.3 is 14.6 Å². The highest BCUT2D eigenvalue weighted by Gasteiger charge is 2.48. The van der Waals surface area contributed by atoms with E-state index in [1.54, 1.807) is 55.5 Å². The van der Waals surface area contributed by atoms with E-state index >= 15 is 0 Å². The minimum atomic E-state index is -1.03. The van der Waals surface area contributed by atoms with Crippen LogP contribution in [0.25, 0.3) is 5.76 Å². The van der Waals surface area contributed by atoms with Crippen molar-refractivity contribution >= 4 is 51.5 Å². The first-order valence-corrected chi connectivity index (χ1v) is 14.0. The Kier molecular flexibility index (Phi) is 9.39. The second kappa shape index (κ2) is 12.9. The van der Waals surface area contributed by atoms with Crippen LogP contribution in [0.4, 0.5) is 5.13 Å². The number of benzene rings is 2. The number of ketones is 1. The van der Waals surface area contributed by atoms with Crippen molar-refractivity contribution in [3.8, 4) is 5.75 Å². The molecular formula is C30H29ClN2O6S. The van der Waals surface area contributed by atoms with Crippen molar-refractivity contribution < 1.29 is 29.0 Å². The van der Waals surface area contributed by atoms with Crippen molar-refractivity contribution in [3.05, 3.63) is 93.5 Å². The van der Waals surface area contributed by atoms with E-state index in [0.717, 1.165) is 30.6 Å². The highest BCUT2D eigenvalue weighted by molar-refractivity contribution is 7.17. The van der Waals surface area contributed by atoms with E-state index in [1.165, 1.54) is 11.0 Å². The third kappa shape index (κ3) is 6.11. The molecule has 1 amide bonds. The predicted molar refractivity (Wildman–Crippen MR) is 155 cm³/mol. The molecule has 1 aliphatic rings. The smallest absolute Gasteiger partial charge is 0.350 e. The number of esters is 1. The average molecular weight is 581 g/mol. The molecule has 10 heteroatoms. The van der Waals surface area contributed by atoms with Crippen LogP contribution in [0.15, 0.2) is 66.8 Å². The molecule has 208 valence electrons. The second-order valence-corrected chi connectivity index (χ2v) is 10.5. The van der Waals surface area contributed by atoms with Gasteiger partial charge in [0, 0.05) is 10.6 Å². The fourth-order valence-electron chi connectivity index (χ4n) is 4.30. The lowest BCUT2D eigenvalue weighted by molar-refractivity contribution is -0.132. The number of ether oxygens (including phenoxy) is 2. The van der Waals surface area contributed by atoms with E-state index in [2.05, 4.69) is 18.5 Å². The number of amides is 1. The fraction of sp³-hybridized carbons (Fsp3) is 0.267. The molecule has 2 heterocycles. The number of aromatic nitrogens is 1. The number of rotatable bonds is 11. The summed E-state index contributed by atoms with van der Waals surface area (Å²) in [5.74, 6) is -2.16. The van der Waals surface area contributed by atoms with Crippen LogP contribution in [0.3, 0.4) is 0 Å². The molecule has 1 saturated heterocycles. The van der Waals surface area contributed by atoms with E-state index < -0.39 is 23.7 Å². The van der Waals surface area contributed by atoms with Gasteiger partial charge in [-0.3, -0.25) is 14.5 Å². The van der Waals surface area contributed by atoms with E-state index in [-0.39, 0.29) is 27.9 Å². The van der Waals surface area contributed by atoms with Crippen LogP contribution in [0, 0.1) is 6.92 Å². The molecule has 0 aliphatic carbocycles. The van der Waals surface area contributed by atoms with Gasteiger partial charge in [0.25, 0.3) is 5.78 Å². The number of anilines is 1. The Morgan fingerprint density at radius 1 is 1.20 bits per heavy atom. The van der Waals surface area contributed by atoms with Crippen LogP contribution in [-0.4, -0.2) is 41.0 Å². The summed E-state index contributed by atoms with van der Waals surface area (Å²) in [5.41, 5.74) is 1.09. The number of Topliss-reactive ketones (excluding diaryl/α,β-unsaturated/α-hetero) is 1. The van der Waals surface area contributed by atoms with Crippen molar-refractivity contribution in [2.24, 2.45) is 0 Å². The van der Waals surface area contributed by atoms with Crippen molar-refractivity contribution in [2.75, 3.05) is 18.1 Å². The molecule has 1 atom stereocenters. The van der Waals surface area contributed by atoms with Crippen molar-refractivity contribution in [1.29, 1.82) is 0 Å². The van der Waals surface area contributed by atoms with Crippen molar-refractivity contribution in [1.82, 2.24) is 4.98 Å². The Hall–Kier alpha value is -3.95. The Labute approximate surface area is 241 Å². The maximum atomic E-state index is 13.5. The fourth-order valence-corrected chi connectivity index (χ4v) is 5.41. The summed E-state index contributed by atoms with van der Waals surface area (Å²) in [7, 11) is 0. The number of nitrogens with zero attached hydrogens (tertiary/aromatic N) is 2. The van der Waals surface area contributed by atoms with Gasteiger partial charge in [-0.25, -0.2) is 9.78 Å². The summed E-state index contributed by atoms with van der Waals surface area (Å²) in [6, 6.07) is 12.3. The molecule has 3 aromatic rings. The van der Waals surface area contributed by atoms with E-state index in [1.807, 2.05) is 0 Å². The first-order valence-electron chi connectivity index (χ1n) is 12.8. The number of aliphatic hydroxyl groups is 1. The SMILES string of the molecule is C=CCOC(=O)c1sc(N2C(=O)C(=O)/C(=C(/O)c3ccc(Cl)cc3)C2c2cccc(OCCCCC)c2)nc1C. The maximum absolute atomic E-state index is 13.5. The number of unbranched alkanes of at least 4 members (excludes halogenated alkanes) is 2. The maximum Gasteiger partial charge on any atom is 0.350 e. The quantitative estimate of drug-likeness (QED) is 0.0676. The summed E-state index contributed by atoms with van der Waals surface area (Å²) >= 11 is 6.95. The zero-order chi connectivity index (χ0) is 28.8. The van der Waals surface area contributed by atoms with E-state index in [9.17, 15) is 19.5 Å². The van der Waals surface area contributed by atoms with Crippen molar-refractivity contribution in [2.45, 2.75) is 39.2 Å². The minimum Gasteiger partial charge on any atom is -0.507 e. The van der Waals surface area contributed by atoms with Crippen LogP contribution in [0.5, 0.6) is 5.75 Å². The number of hydrogen-bond donors (Lipinski definition) is 1. The van der Waals surface area contributed by atoms with E-state index in [0.29, 0.717) is 34.2 Å². The zero-order valence-corrected chi connectivity index (χ0v) is 23.8. The number of carbonyl (C=O) groups is 3. The molecule has 0 saturated carbocycles. The topological polar surface area (TPSA) is 106 Å². The Morgan fingerprint density at radius 2 is 1.95 bits per heavy atom. The largest absolute Gasteiger partial charge is 0.507 e. The Morgan fingerprint density at radius 3 is 2.65 bits per heavy atom. The van der Waals surface area contributed by atoms with Gasteiger partial charge in [-0.05, 0) is 55.3 Å². The van der Waals surface area contributed by atoms with E-state index in [4.69, 9.17) is 21.1 Å². The first-order chi connectivity index (χ1) is 19.3. The molecule has 1 fully saturated rings. The standard InChI is InChI=1S/C30H29ClN2O6S/c1-4-6-7-16-38-22-10-8-9-20(17-22)24-23(25(34)19-11-13-21(31)14-12-19)26(35)28(36)33(24)30-32-18(3)27(40-30)29(37)39-15-5-2/h5,8-14,17,24,34H,2,4,6-7,15-16H2,1,3H3/b25-23+. The molecule has 1 N–H and O–H groups in total. The third-order valence-electron chi connectivity index (χ3n) is 6.26. The summed E-state index contributed by atoms with van der Waals surface area (Å²) in [6.07, 6.45) is 4.42. The highest BCUT2D eigenvalue weighted by Crippen LogP contribution is 2.44. The van der Waals surface area contributed by atoms with Gasteiger partial charge in [0.1, 0.15) is 23.0 Å². The first kappa shape index (κ1) is 29.0. The summed E-state index contributed by atoms with van der Waals surface area (Å²) in [5, 5.41) is 11.9. The number of hydrogen-bond acceptors (Lipinski definition) is 8. The number of carbonyl (C=O) groups excluding carboxylic acids is 3. The Bertz CT molecular complexity index is 1460. The molecule has 1 aliphatic heterocycles. The third-order valence-corrected chi connectivity index (χ3v) is 7.65. The molecule has 0 bridgehead atoms. The summed E-state index contributed by atoms with van der Waals surface area (Å²) in [4.78, 5) is 45.4. The molecule has 0 spiro atoms. The monoisotopic (exact) mass is 580 g/mol. The van der Waals surface area contributed by atoms with Gasteiger partial charge in [-0.1, -0.05) is 67.5 Å². The molecular weight excluding hydrogens is 552 g/mol. The lowest BCUT2D eigenvalue weighted by Gasteiger charge is -2.23. The van der Waals surface area contributed by atoms with Gasteiger partial charge in [-0.15, -0.1) is 0 Å². The molecule has 2 aromatic carbocycles. The van der Waals surface area contributed by atoms with Crippen LogP contribution in [0.2, 0.25) is 5.02 Å². The molecule has 40 heavy (non-hydrogen) atoms. The number of aliphatic hydroxyl groups excluding tert-OH is 1. The normalized spacial score (nSPS) is 16.3. The highest BCUT2D eigenvalue weighted by atomic mass is 35.5. The van der Waals surface area contributed by atoms with Crippen LogP contribution >= 0.6 is 22.9 Å². The molecule has 1 unspecified atom stereocenters. The van der Waals surface area contributed by atoms with Gasteiger partial charge in [0.15, 0.2) is 5.13 Å². The summed E-state index contributed by atoms with van der Waals surface area (Å²) < 4.78 is 11.1. The zero-order valence-electron chi connectivity index (χ0n) is 22.2. The van der Waals surface area contributed by atoms with Gasteiger partial charge in [0.05, 0.1) is 23.9 Å². The van der Waals surface area contributed by atoms with Crippen LogP contribution in [-0.2, 0) is 14.3 Å². The van der Waals surface area contributed by atoms with Gasteiger partial charge >= 0.3 is 11.9 Å².